The first-order valence-electron chi connectivity index (χ1n) is 12.0. The van der Waals surface area contributed by atoms with Gasteiger partial charge in [-0.1, -0.05) is 13.5 Å². The molecule has 1 atom stereocenters. The molecule has 1 amide bonds. The van der Waals surface area contributed by atoms with Gasteiger partial charge in [-0.2, -0.15) is 0 Å². The molecule has 0 saturated heterocycles. The Hall–Kier alpha value is -1.85. The number of ether oxygens (including phenoxy) is 2. The maximum Gasteiger partial charge on any atom is 0.330 e. The molecule has 2 rings (SSSR count). The van der Waals surface area contributed by atoms with Crippen molar-refractivity contribution in [2.45, 2.75) is 71.1 Å². The van der Waals surface area contributed by atoms with Gasteiger partial charge in [0.25, 0.3) is 0 Å². The van der Waals surface area contributed by atoms with E-state index >= 15 is 0 Å². The van der Waals surface area contributed by atoms with E-state index in [0.717, 1.165) is 70.8 Å². The molecule has 2 aliphatic carbocycles. The summed E-state index contributed by atoms with van der Waals surface area (Å²) in [6.45, 7) is 6.66. The highest BCUT2D eigenvalue weighted by molar-refractivity contribution is 5.81. The Morgan fingerprint density at radius 2 is 1.52 bits per heavy atom. The van der Waals surface area contributed by atoms with E-state index in [0.29, 0.717) is 24.4 Å². The molecule has 0 spiro atoms. The summed E-state index contributed by atoms with van der Waals surface area (Å²) in [5.74, 6) is 1.87. The molecule has 0 aliphatic heterocycles. The second kappa shape index (κ2) is 12.9. The summed E-state index contributed by atoms with van der Waals surface area (Å²) in [6, 6.07) is 0. The van der Waals surface area contributed by atoms with E-state index in [-0.39, 0.29) is 29.7 Å². The quantitative estimate of drug-likeness (QED) is 0.376. The summed E-state index contributed by atoms with van der Waals surface area (Å²) >= 11 is 0. The summed E-state index contributed by atoms with van der Waals surface area (Å²) in [5.41, 5.74) is 0. The number of rotatable bonds is 10. The molecule has 0 radical (unpaired) electrons. The van der Waals surface area contributed by atoms with Gasteiger partial charge < -0.3 is 14.4 Å². The van der Waals surface area contributed by atoms with Crippen LogP contribution in [0.15, 0.2) is 12.7 Å². The van der Waals surface area contributed by atoms with Gasteiger partial charge in [0.05, 0.1) is 19.6 Å². The summed E-state index contributed by atoms with van der Waals surface area (Å²) in [4.78, 5) is 37.6. The minimum atomic E-state index is -0.383. The van der Waals surface area contributed by atoms with Crippen LogP contribution >= 0.6 is 0 Å². The number of methoxy groups -OCH3 is 1. The maximum atomic E-state index is 12.9. The van der Waals surface area contributed by atoms with Crippen LogP contribution in [0.4, 0.5) is 0 Å². The van der Waals surface area contributed by atoms with Gasteiger partial charge in [0.1, 0.15) is 0 Å². The van der Waals surface area contributed by atoms with Crippen LogP contribution in [0.3, 0.4) is 0 Å². The van der Waals surface area contributed by atoms with Crippen molar-refractivity contribution in [3.8, 4) is 0 Å². The molecule has 0 heterocycles. The van der Waals surface area contributed by atoms with E-state index in [9.17, 15) is 14.4 Å². The zero-order valence-corrected chi connectivity index (χ0v) is 19.6. The van der Waals surface area contributed by atoms with Crippen molar-refractivity contribution >= 4 is 17.8 Å². The van der Waals surface area contributed by atoms with Gasteiger partial charge in [0.15, 0.2) is 0 Å². The zero-order valence-electron chi connectivity index (χ0n) is 19.6. The normalized spacial score (nSPS) is 27.1. The zero-order chi connectivity index (χ0) is 22.8. The fraction of sp³-hybridized carbons (Fsp3) is 0.800. The molecule has 2 saturated carbocycles. The number of esters is 2. The predicted molar refractivity (Wildman–Crippen MR) is 120 cm³/mol. The Bertz CT molecular complexity index is 603. The molecule has 31 heavy (non-hydrogen) atoms. The average molecular weight is 436 g/mol. The first-order chi connectivity index (χ1) is 14.8. The van der Waals surface area contributed by atoms with E-state index in [2.05, 4.69) is 13.5 Å². The van der Waals surface area contributed by atoms with Crippen molar-refractivity contribution in [2.24, 2.45) is 29.6 Å². The second-order valence-electron chi connectivity index (χ2n) is 9.56. The third-order valence-corrected chi connectivity index (χ3v) is 7.45. The second-order valence-corrected chi connectivity index (χ2v) is 9.56. The van der Waals surface area contributed by atoms with Gasteiger partial charge >= 0.3 is 11.9 Å². The Balaban J connectivity index is 1.65. The predicted octanol–water partition coefficient (Wildman–Crippen LogP) is 4.38. The van der Waals surface area contributed by atoms with Crippen LogP contribution in [-0.2, 0) is 23.9 Å². The summed E-state index contributed by atoms with van der Waals surface area (Å²) in [6.07, 6.45) is 11.2. The lowest BCUT2D eigenvalue weighted by molar-refractivity contribution is -0.147. The Morgan fingerprint density at radius 3 is 2.03 bits per heavy atom. The molecule has 0 aromatic rings. The van der Waals surface area contributed by atoms with Crippen LogP contribution in [0.25, 0.3) is 0 Å². The molecule has 0 aromatic heterocycles. The van der Waals surface area contributed by atoms with Crippen LogP contribution in [0.5, 0.6) is 0 Å². The number of carbonyl (C=O) groups excluding carboxylic acids is 3. The smallest absolute Gasteiger partial charge is 0.330 e. The Labute approximate surface area is 187 Å². The average Bonchev–Trinajstić information content (AvgIpc) is 2.81. The molecule has 6 nitrogen and oxygen atoms in total. The van der Waals surface area contributed by atoms with Gasteiger partial charge in [-0.3, -0.25) is 9.59 Å². The van der Waals surface area contributed by atoms with Crippen molar-refractivity contribution in [3.63, 3.8) is 0 Å². The minimum Gasteiger partial charge on any atom is -0.469 e. The molecule has 0 bridgehead atoms. The van der Waals surface area contributed by atoms with Crippen LogP contribution < -0.4 is 0 Å². The molecule has 1 unspecified atom stereocenters. The third kappa shape index (κ3) is 7.97. The molecule has 6 heteroatoms. The lowest BCUT2D eigenvalue weighted by atomic mass is 9.69. The summed E-state index contributed by atoms with van der Waals surface area (Å²) < 4.78 is 9.93. The maximum absolute atomic E-state index is 12.9. The molecular formula is C25H41NO5. The number of nitrogens with zero attached hydrogens (tertiary/aromatic N) is 1. The molecule has 0 N–H and O–H groups in total. The first kappa shape index (κ1) is 25.4. The van der Waals surface area contributed by atoms with Crippen molar-refractivity contribution in [2.75, 3.05) is 27.3 Å². The molecule has 2 fully saturated rings. The fourth-order valence-corrected chi connectivity index (χ4v) is 5.23. The van der Waals surface area contributed by atoms with E-state index in [1.807, 2.05) is 11.9 Å². The SMILES string of the molecule is C=CC(=O)OCCC(C)CCN(C)C(=O)C1CCC(C2CCC(C(=O)OC)CC2)CC1. The monoisotopic (exact) mass is 435 g/mol. The summed E-state index contributed by atoms with van der Waals surface area (Å²) in [5, 5.41) is 0. The van der Waals surface area contributed by atoms with Gasteiger partial charge in [0.2, 0.25) is 5.91 Å². The minimum absolute atomic E-state index is 0.0529. The van der Waals surface area contributed by atoms with Crippen molar-refractivity contribution < 1.29 is 23.9 Å². The number of carbonyl (C=O) groups is 3. The highest BCUT2D eigenvalue weighted by Gasteiger charge is 2.35. The number of hydrogen-bond acceptors (Lipinski definition) is 5. The van der Waals surface area contributed by atoms with E-state index < -0.39 is 0 Å². The highest BCUT2D eigenvalue weighted by Crippen LogP contribution is 2.41. The van der Waals surface area contributed by atoms with Crippen LogP contribution in [-0.4, -0.2) is 50.1 Å². The highest BCUT2D eigenvalue weighted by atomic mass is 16.5. The van der Waals surface area contributed by atoms with Gasteiger partial charge in [-0.25, -0.2) is 4.79 Å². The standard InChI is InChI=1S/C25H41NO5/c1-5-23(27)31-17-15-18(2)14-16-26(3)24(28)21-10-6-19(7-11-21)20-8-12-22(13-9-20)25(29)30-4/h5,18-22H,1,6-17H2,2-4H3. The van der Waals surface area contributed by atoms with E-state index in [1.54, 1.807) is 0 Å². The van der Waals surface area contributed by atoms with Crippen LogP contribution in [0.2, 0.25) is 0 Å². The molecule has 2 aliphatic rings. The fourth-order valence-electron chi connectivity index (χ4n) is 5.23. The van der Waals surface area contributed by atoms with Crippen molar-refractivity contribution in [1.29, 1.82) is 0 Å². The van der Waals surface area contributed by atoms with Crippen molar-refractivity contribution in [3.05, 3.63) is 12.7 Å². The van der Waals surface area contributed by atoms with E-state index in [4.69, 9.17) is 9.47 Å². The lowest BCUT2D eigenvalue weighted by Gasteiger charge is -2.37. The Morgan fingerprint density at radius 1 is 0.968 bits per heavy atom. The lowest BCUT2D eigenvalue weighted by Crippen LogP contribution is -2.37. The van der Waals surface area contributed by atoms with Gasteiger partial charge in [-0.05, 0) is 82.0 Å². The molecule has 0 aromatic carbocycles. The summed E-state index contributed by atoms with van der Waals surface area (Å²) in [7, 11) is 3.39. The molecular weight excluding hydrogens is 394 g/mol. The van der Waals surface area contributed by atoms with Gasteiger partial charge in [0, 0.05) is 25.6 Å². The van der Waals surface area contributed by atoms with Gasteiger partial charge in [-0.15, -0.1) is 0 Å². The van der Waals surface area contributed by atoms with Crippen molar-refractivity contribution in [1.82, 2.24) is 4.90 Å². The first-order valence-corrected chi connectivity index (χ1v) is 12.0. The Kier molecular flexibility index (Phi) is 10.6. The number of amides is 1. The largest absolute Gasteiger partial charge is 0.469 e. The topological polar surface area (TPSA) is 72.9 Å². The van der Waals surface area contributed by atoms with Crippen LogP contribution in [0.1, 0.15) is 71.1 Å². The number of hydrogen-bond donors (Lipinski definition) is 0. The van der Waals surface area contributed by atoms with Crippen LogP contribution in [0, 0.1) is 29.6 Å². The molecule has 176 valence electrons. The van der Waals surface area contributed by atoms with E-state index in [1.165, 1.54) is 13.2 Å². The third-order valence-electron chi connectivity index (χ3n) is 7.45.